The van der Waals surface area contributed by atoms with E-state index >= 15 is 0 Å². The number of aryl methyl sites for hydroxylation is 1. The lowest BCUT2D eigenvalue weighted by atomic mass is 10.1. The maximum Gasteiger partial charge on any atom is 0.251 e. The molecule has 1 aromatic rings. The molecule has 0 saturated heterocycles. The molecule has 0 saturated carbocycles. The molecule has 0 aromatic heterocycles. The zero-order valence-corrected chi connectivity index (χ0v) is 13.6. The van der Waals surface area contributed by atoms with Gasteiger partial charge in [0.05, 0.1) is 12.0 Å². The molecule has 1 rings (SSSR count). The molecule has 0 radical (unpaired) electrons. The number of rotatable bonds is 6. The predicted octanol–water partition coefficient (Wildman–Crippen LogP) is 2.87. The normalized spacial score (nSPS) is 11.6. The molecule has 1 aromatic carbocycles. The van der Waals surface area contributed by atoms with Crippen LogP contribution in [0.25, 0.3) is 0 Å². The number of hydrogen-bond acceptors (Lipinski definition) is 3. The van der Waals surface area contributed by atoms with E-state index in [4.69, 9.17) is 5.26 Å². The minimum atomic E-state index is -0.223. The molecule has 22 heavy (non-hydrogen) atoms. The lowest BCUT2D eigenvalue weighted by Gasteiger charge is -2.12. The number of nitrogens with zero attached hydrogens (tertiary/aromatic N) is 1. The summed E-state index contributed by atoms with van der Waals surface area (Å²) in [5, 5.41) is 14.3. The molecule has 0 aliphatic rings. The Bertz CT molecular complexity index is 588. The van der Waals surface area contributed by atoms with Gasteiger partial charge in [0.15, 0.2) is 0 Å². The zero-order valence-electron chi connectivity index (χ0n) is 13.6. The van der Waals surface area contributed by atoms with Crippen molar-refractivity contribution in [1.29, 1.82) is 5.26 Å². The second kappa shape index (κ2) is 8.18. The van der Waals surface area contributed by atoms with Gasteiger partial charge in [-0.2, -0.15) is 5.26 Å². The highest BCUT2D eigenvalue weighted by Crippen LogP contribution is 2.17. The Morgan fingerprint density at radius 2 is 1.95 bits per heavy atom. The largest absolute Gasteiger partial charge is 0.351 e. The summed E-state index contributed by atoms with van der Waals surface area (Å²) in [6, 6.07) is 7.20. The van der Waals surface area contributed by atoms with Crippen molar-refractivity contribution in [2.24, 2.45) is 11.8 Å². The second-order valence-corrected chi connectivity index (χ2v) is 5.92. The quantitative estimate of drug-likeness (QED) is 0.847. The van der Waals surface area contributed by atoms with Crippen LogP contribution in [0, 0.1) is 30.1 Å². The Labute approximate surface area is 131 Å². The maximum atomic E-state index is 12.0. The van der Waals surface area contributed by atoms with Crippen molar-refractivity contribution in [3.63, 3.8) is 0 Å². The number of anilines is 1. The third kappa shape index (κ3) is 5.57. The molecule has 118 valence electrons. The highest BCUT2D eigenvalue weighted by atomic mass is 16.2. The summed E-state index contributed by atoms with van der Waals surface area (Å²) in [4.78, 5) is 23.8. The van der Waals surface area contributed by atoms with E-state index in [-0.39, 0.29) is 17.7 Å². The van der Waals surface area contributed by atoms with Crippen molar-refractivity contribution >= 4 is 17.5 Å². The van der Waals surface area contributed by atoms with Crippen LogP contribution >= 0.6 is 0 Å². The topological polar surface area (TPSA) is 82.0 Å². The zero-order chi connectivity index (χ0) is 16.7. The number of carbonyl (C=O) groups is 2. The molecule has 0 unspecified atom stereocenters. The summed E-state index contributed by atoms with van der Waals surface area (Å²) in [5.74, 6) is -0.171. The SMILES string of the molecule is Cc1cc(C(=O)NC[C@H](C)C#N)ccc1NC(=O)CC(C)C. The Morgan fingerprint density at radius 1 is 1.27 bits per heavy atom. The van der Waals surface area contributed by atoms with Gasteiger partial charge in [0.2, 0.25) is 5.91 Å². The monoisotopic (exact) mass is 301 g/mol. The standard InChI is InChI=1S/C17H23N3O2/c1-11(2)7-16(21)20-15-6-5-14(8-13(15)4)17(22)19-10-12(3)9-18/h5-6,8,11-12H,7,10H2,1-4H3,(H,19,22)(H,20,21)/t12-/m1/s1. The van der Waals surface area contributed by atoms with Gasteiger partial charge in [-0.15, -0.1) is 0 Å². The van der Waals surface area contributed by atoms with Crippen LogP contribution in [0.1, 0.15) is 43.1 Å². The number of nitriles is 1. The van der Waals surface area contributed by atoms with Crippen LogP contribution in [-0.4, -0.2) is 18.4 Å². The Kier molecular flexibility index (Phi) is 6.58. The average Bonchev–Trinajstić information content (AvgIpc) is 2.45. The second-order valence-electron chi connectivity index (χ2n) is 5.92. The highest BCUT2D eigenvalue weighted by molar-refractivity contribution is 5.96. The predicted molar refractivity (Wildman–Crippen MR) is 86.4 cm³/mol. The van der Waals surface area contributed by atoms with Gasteiger partial charge in [-0.25, -0.2) is 0 Å². The first-order valence-electron chi connectivity index (χ1n) is 7.41. The number of benzene rings is 1. The first-order valence-corrected chi connectivity index (χ1v) is 7.41. The fourth-order valence-corrected chi connectivity index (χ4v) is 1.91. The van der Waals surface area contributed by atoms with E-state index in [0.29, 0.717) is 30.1 Å². The highest BCUT2D eigenvalue weighted by Gasteiger charge is 2.11. The van der Waals surface area contributed by atoms with Crippen LogP contribution in [0.3, 0.4) is 0 Å². The van der Waals surface area contributed by atoms with E-state index in [9.17, 15) is 9.59 Å². The first kappa shape index (κ1) is 17.7. The third-order valence-corrected chi connectivity index (χ3v) is 3.15. The van der Waals surface area contributed by atoms with Gasteiger partial charge in [0.1, 0.15) is 0 Å². The minimum Gasteiger partial charge on any atom is -0.351 e. The van der Waals surface area contributed by atoms with Crippen LogP contribution in [0.4, 0.5) is 5.69 Å². The number of carbonyl (C=O) groups excluding carboxylic acids is 2. The Balaban J connectivity index is 2.71. The van der Waals surface area contributed by atoms with Gasteiger partial charge in [-0.1, -0.05) is 13.8 Å². The number of nitrogens with one attached hydrogen (secondary N) is 2. The summed E-state index contributed by atoms with van der Waals surface area (Å²) >= 11 is 0. The molecule has 5 nitrogen and oxygen atoms in total. The van der Waals surface area contributed by atoms with Crippen molar-refractivity contribution in [1.82, 2.24) is 5.32 Å². The Hall–Kier alpha value is -2.35. The van der Waals surface area contributed by atoms with Crippen LogP contribution in [0.15, 0.2) is 18.2 Å². The molecule has 2 N–H and O–H groups in total. The molecule has 0 heterocycles. The molecule has 5 heteroatoms. The summed E-state index contributed by atoms with van der Waals surface area (Å²) < 4.78 is 0. The van der Waals surface area contributed by atoms with Crippen LogP contribution < -0.4 is 10.6 Å². The summed E-state index contributed by atoms with van der Waals surface area (Å²) in [6.45, 7) is 7.89. The molecule has 0 aliphatic heterocycles. The summed E-state index contributed by atoms with van der Waals surface area (Å²) in [5.41, 5.74) is 2.06. The molecule has 0 fully saturated rings. The van der Waals surface area contributed by atoms with Crippen molar-refractivity contribution in [2.45, 2.75) is 34.1 Å². The molecule has 0 bridgehead atoms. The molecule has 1 atom stereocenters. The molecule has 2 amide bonds. The van der Waals surface area contributed by atoms with E-state index in [2.05, 4.69) is 16.7 Å². The van der Waals surface area contributed by atoms with Gasteiger partial charge < -0.3 is 10.6 Å². The fourth-order valence-electron chi connectivity index (χ4n) is 1.91. The van der Waals surface area contributed by atoms with Gasteiger partial charge in [-0.3, -0.25) is 9.59 Å². The van der Waals surface area contributed by atoms with Crippen molar-refractivity contribution < 1.29 is 9.59 Å². The van der Waals surface area contributed by atoms with Crippen LogP contribution in [-0.2, 0) is 4.79 Å². The lowest BCUT2D eigenvalue weighted by Crippen LogP contribution is -2.27. The van der Waals surface area contributed by atoms with Gasteiger partial charge in [-0.05, 0) is 43.5 Å². The summed E-state index contributed by atoms with van der Waals surface area (Å²) in [6.07, 6.45) is 0.466. The van der Waals surface area contributed by atoms with E-state index < -0.39 is 0 Å². The maximum absolute atomic E-state index is 12.0. The van der Waals surface area contributed by atoms with E-state index in [1.54, 1.807) is 25.1 Å². The van der Waals surface area contributed by atoms with Crippen molar-refractivity contribution in [3.05, 3.63) is 29.3 Å². The van der Waals surface area contributed by atoms with Gasteiger partial charge in [0, 0.05) is 24.2 Å². The molecule has 0 aliphatic carbocycles. The molecule has 0 spiro atoms. The molecular formula is C17H23N3O2. The van der Waals surface area contributed by atoms with Gasteiger partial charge >= 0.3 is 0 Å². The van der Waals surface area contributed by atoms with E-state index in [1.807, 2.05) is 20.8 Å². The van der Waals surface area contributed by atoms with Crippen molar-refractivity contribution in [2.75, 3.05) is 11.9 Å². The van der Waals surface area contributed by atoms with E-state index in [0.717, 1.165) is 5.56 Å². The average molecular weight is 301 g/mol. The number of hydrogen-bond donors (Lipinski definition) is 2. The van der Waals surface area contributed by atoms with Gasteiger partial charge in [0.25, 0.3) is 5.91 Å². The lowest BCUT2D eigenvalue weighted by molar-refractivity contribution is -0.116. The minimum absolute atomic E-state index is 0.0295. The van der Waals surface area contributed by atoms with Crippen molar-refractivity contribution in [3.8, 4) is 6.07 Å². The van der Waals surface area contributed by atoms with Crippen LogP contribution in [0.2, 0.25) is 0 Å². The molecular weight excluding hydrogens is 278 g/mol. The summed E-state index contributed by atoms with van der Waals surface area (Å²) in [7, 11) is 0. The van der Waals surface area contributed by atoms with Crippen LogP contribution in [0.5, 0.6) is 0 Å². The fraction of sp³-hybridized carbons (Fsp3) is 0.471. The smallest absolute Gasteiger partial charge is 0.251 e. The first-order chi connectivity index (χ1) is 10.3. The number of amides is 2. The third-order valence-electron chi connectivity index (χ3n) is 3.15. The Morgan fingerprint density at radius 3 is 2.50 bits per heavy atom. The van der Waals surface area contributed by atoms with E-state index in [1.165, 1.54) is 0 Å².